The van der Waals surface area contributed by atoms with Crippen molar-refractivity contribution >= 4 is 17.3 Å². The van der Waals surface area contributed by atoms with E-state index in [1.807, 2.05) is 36.5 Å². The van der Waals surface area contributed by atoms with Crippen LogP contribution in [0.1, 0.15) is 34.9 Å². The predicted octanol–water partition coefficient (Wildman–Crippen LogP) is 3.49. The van der Waals surface area contributed by atoms with Crippen molar-refractivity contribution in [1.82, 2.24) is 19.8 Å². The Hall–Kier alpha value is -2.60. The van der Waals surface area contributed by atoms with Crippen LogP contribution in [0.25, 0.3) is 0 Å². The molecule has 0 saturated carbocycles. The maximum absolute atomic E-state index is 5.65. The molecule has 0 bridgehead atoms. The molecule has 128 valence electrons. The standard InChI is InChI=1S/C19H20N4OS/c1-13-8-9-16(22(13)2)18-17(15-7-3-4-10-20-15)21-19(25)23(18)12-14-6-5-11-24-14/h3-11,17-18H,12H2,1-2H3,(H,21,25). The third-order valence-electron chi connectivity index (χ3n) is 4.82. The number of aryl methyl sites for hydroxylation is 1. The summed E-state index contributed by atoms with van der Waals surface area (Å²) in [5, 5.41) is 4.18. The number of rotatable bonds is 4. The number of aromatic nitrogens is 2. The lowest BCUT2D eigenvalue weighted by Gasteiger charge is -2.27. The van der Waals surface area contributed by atoms with E-state index in [1.165, 1.54) is 11.4 Å². The predicted molar refractivity (Wildman–Crippen MR) is 99.9 cm³/mol. The summed E-state index contributed by atoms with van der Waals surface area (Å²) in [6.07, 6.45) is 3.52. The second-order valence-electron chi connectivity index (χ2n) is 6.29. The molecule has 0 spiro atoms. The molecule has 1 saturated heterocycles. The van der Waals surface area contributed by atoms with Gasteiger partial charge in [-0.05, 0) is 55.5 Å². The van der Waals surface area contributed by atoms with Crippen LogP contribution in [0.15, 0.2) is 59.3 Å². The van der Waals surface area contributed by atoms with Crippen molar-refractivity contribution in [1.29, 1.82) is 0 Å². The van der Waals surface area contributed by atoms with Gasteiger partial charge in [-0.2, -0.15) is 0 Å². The van der Waals surface area contributed by atoms with Crippen molar-refractivity contribution in [3.63, 3.8) is 0 Å². The number of furan rings is 1. The maximum atomic E-state index is 5.65. The van der Waals surface area contributed by atoms with Crippen LogP contribution in [0.4, 0.5) is 0 Å². The molecule has 1 N–H and O–H groups in total. The number of nitrogens with zero attached hydrogens (tertiary/aromatic N) is 3. The smallest absolute Gasteiger partial charge is 0.170 e. The lowest BCUT2D eigenvalue weighted by Crippen LogP contribution is -2.29. The zero-order valence-corrected chi connectivity index (χ0v) is 15.0. The molecule has 4 rings (SSSR count). The number of pyridine rings is 1. The van der Waals surface area contributed by atoms with Crippen LogP contribution < -0.4 is 5.32 Å². The van der Waals surface area contributed by atoms with Gasteiger partial charge in [-0.15, -0.1) is 0 Å². The van der Waals surface area contributed by atoms with Crippen LogP contribution in [-0.2, 0) is 13.6 Å². The lowest BCUT2D eigenvalue weighted by molar-refractivity contribution is 0.278. The van der Waals surface area contributed by atoms with E-state index in [-0.39, 0.29) is 12.1 Å². The van der Waals surface area contributed by atoms with E-state index >= 15 is 0 Å². The lowest BCUT2D eigenvalue weighted by atomic mass is 10.0. The number of nitrogens with one attached hydrogen (secondary N) is 1. The minimum Gasteiger partial charge on any atom is -0.467 e. The van der Waals surface area contributed by atoms with Gasteiger partial charge in [0.1, 0.15) is 5.76 Å². The van der Waals surface area contributed by atoms with E-state index in [4.69, 9.17) is 16.6 Å². The van der Waals surface area contributed by atoms with Crippen LogP contribution in [0.5, 0.6) is 0 Å². The summed E-state index contributed by atoms with van der Waals surface area (Å²) < 4.78 is 7.77. The molecule has 0 radical (unpaired) electrons. The Kier molecular flexibility index (Phi) is 4.05. The Morgan fingerprint density at radius 3 is 2.72 bits per heavy atom. The van der Waals surface area contributed by atoms with E-state index in [2.05, 4.69) is 45.9 Å². The molecule has 5 nitrogen and oxygen atoms in total. The topological polar surface area (TPSA) is 46.2 Å². The van der Waals surface area contributed by atoms with Crippen molar-refractivity contribution in [2.24, 2.45) is 7.05 Å². The molecule has 1 aliphatic rings. The summed E-state index contributed by atoms with van der Waals surface area (Å²) in [6.45, 7) is 2.73. The largest absolute Gasteiger partial charge is 0.467 e. The molecular formula is C19H20N4OS. The average Bonchev–Trinajstić information content (AvgIpc) is 3.32. The van der Waals surface area contributed by atoms with Gasteiger partial charge in [-0.1, -0.05) is 6.07 Å². The highest BCUT2D eigenvalue weighted by Crippen LogP contribution is 2.39. The summed E-state index contributed by atoms with van der Waals surface area (Å²) in [6, 6.07) is 14.2. The van der Waals surface area contributed by atoms with E-state index in [0.29, 0.717) is 6.54 Å². The summed E-state index contributed by atoms with van der Waals surface area (Å²) in [7, 11) is 2.09. The maximum Gasteiger partial charge on any atom is 0.170 e. The first kappa shape index (κ1) is 15.9. The van der Waals surface area contributed by atoms with Gasteiger partial charge in [0.2, 0.25) is 0 Å². The van der Waals surface area contributed by atoms with Crippen LogP contribution in [0.3, 0.4) is 0 Å². The summed E-state index contributed by atoms with van der Waals surface area (Å²) in [4.78, 5) is 6.74. The fourth-order valence-corrected chi connectivity index (χ4v) is 3.70. The molecular weight excluding hydrogens is 332 g/mol. The zero-order chi connectivity index (χ0) is 17.4. The molecule has 2 unspecified atom stereocenters. The Labute approximate surface area is 152 Å². The fraction of sp³-hybridized carbons (Fsp3) is 0.263. The Morgan fingerprint density at radius 1 is 1.20 bits per heavy atom. The summed E-state index contributed by atoms with van der Waals surface area (Å²) >= 11 is 5.65. The van der Waals surface area contributed by atoms with Gasteiger partial charge in [0.15, 0.2) is 5.11 Å². The van der Waals surface area contributed by atoms with Crippen molar-refractivity contribution in [2.75, 3.05) is 0 Å². The summed E-state index contributed by atoms with van der Waals surface area (Å²) in [5.41, 5.74) is 3.40. The van der Waals surface area contributed by atoms with Crippen molar-refractivity contribution in [2.45, 2.75) is 25.6 Å². The van der Waals surface area contributed by atoms with Crippen LogP contribution in [-0.4, -0.2) is 19.6 Å². The first-order valence-corrected chi connectivity index (χ1v) is 8.68. The molecule has 6 heteroatoms. The van der Waals surface area contributed by atoms with Gasteiger partial charge in [-0.25, -0.2) is 0 Å². The normalized spacial score (nSPS) is 20.1. The second kappa shape index (κ2) is 6.37. The molecule has 1 fully saturated rings. The highest BCUT2D eigenvalue weighted by atomic mass is 32.1. The van der Waals surface area contributed by atoms with Gasteiger partial charge < -0.3 is 19.2 Å². The number of hydrogen-bond acceptors (Lipinski definition) is 3. The molecule has 0 aromatic carbocycles. The summed E-state index contributed by atoms with van der Waals surface area (Å²) in [5.74, 6) is 0.891. The zero-order valence-electron chi connectivity index (χ0n) is 14.2. The monoisotopic (exact) mass is 352 g/mol. The molecule has 0 aliphatic carbocycles. The van der Waals surface area contributed by atoms with E-state index < -0.39 is 0 Å². The van der Waals surface area contributed by atoms with E-state index in [1.54, 1.807) is 6.26 Å². The van der Waals surface area contributed by atoms with Gasteiger partial charge in [0, 0.05) is 24.6 Å². The average molecular weight is 352 g/mol. The number of hydrogen-bond donors (Lipinski definition) is 1. The van der Waals surface area contributed by atoms with Gasteiger partial charge in [-0.3, -0.25) is 4.98 Å². The van der Waals surface area contributed by atoms with Crippen molar-refractivity contribution in [3.8, 4) is 0 Å². The molecule has 1 aliphatic heterocycles. The Balaban J connectivity index is 1.77. The molecule has 25 heavy (non-hydrogen) atoms. The van der Waals surface area contributed by atoms with Crippen LogP contribution in [0, 0.1) is 6.92 Å². The Bertz CT molecular complexity index is 872. The van der Waals surface area contributed by atoms with Crippen molar-refractivity contribution < 1.29 is 4.42 Å². The van der Waals surface area contributed by atoms with Crippen LogP contribution in [0.2, 0.25) is 0 Å². The molecule has 0 amide bonds. The molecule has 4 heterocycles. The van der Waals surface area contributed by atoms with E-state index in [0.717, 1.165) is 16.6 Å². The second-order valence-corrected chi connectivity index (χ2v) is 6.68. The minimum absolute atomic E-state index is 0.00309. The van der Waals surface area contributed by atoms with Gasteiger partial charge >= 0.3 is 0 Å². The first-order valence-electron chi connectivity index (χ1n) is 8.28. The quantitative estimate of drug-likeness (QED) is 0.728. The minimum atomic E-state index is -0.00309. The van der Waals surface area contributed by atoms with E-state index in [9.17, 15) is 0 Å². The van der Waals surface area contributed by atoms with Gasteiger partial charge in [0.05, 0.1) is 30.6 Å². The molecule has 3 aromatic heterocycles. The Morgan fingerprint density at radius 2 is 2.08 bits per heavy atom. The molecule has 3 aromatic rings. The first-order chi connectivity index (χ1) is 12.1. The molecule has 2 atom stereocenters. The third-order valence-corrected chi connectivity index (χ3v) is 5.17. The number of thiocarbonyl (C=S) groups is 1. The van der Waals surface area contributed by atoms with Crippen molar-refractivity contribution in [3.05, 3.63) is 77.8 Å². The van der Waals surface area contributed by atoms with Gasteiger partial charge in [0.25, 0.3) is 0 Å². The highest BCUT2D eigenvalue weighted by molar-refractivity contribution is 7.80. The third kappa shape index (κ3) is 2.82. The highest BCUT2D eigenvalue weighted by Gasteiger charge is 2.41. The SMILES string of the molecule is Cc1ccc(C2C(c3ccccn3)NC(=S)N2Cc2ccco2)n1C. The van der Waals surface area contributed by atoms with Crippen LogP contribution >= 0.6 is 12.2 Å². The fourth-order valence-electron chi connectivity index (χ4n) is 3.40.